The van der Waals surface area contributed by atoms with Crippen molar-refractivity contribution in [2.75, 3.05) is 14.2 Å². The van der Waals surface area contributed by atoms with E-state index in [4.69, 9.17) is 9.94 Å². The molecule has 94 valence electrons. The van der Waals surface area contributed by atoms with Crippen LogP contribution in [0.1, 0.15) is 18.1 Å². The van der Waals surface area contributed by atoms with Crippen LogP contribution in [0.25, 0.3) is 0 Å². The van der Waals surface area contributed by atoms with Crippen LogP contribution in [0.5, 0.6) is 5.75 Å². The fourth-order valence-electron chi connectivity index (χ4n) is 1.31. The van der Waals surface area contributed by atoms with E-state index in [1.165, 1.54) is 19.2 Å². The van der Waals surface area contributed by atoms with Crippen LogP contribution >= 0.6 is 0 Å². The molecular formula is C11H14FNO4. The average molecular weight is 243 g/mol. The van der Waals surface area contributed by atoms with Crippen molar-refractivity contribution in [2.45, 2.75) is 12.5 Å². The molecule has 1 aromatic rings. The van der Waals surface area contributed by atoms with E-state index in [0.717, 1.165) is 13.1 Å². The van der Waals surface area contributed by atoms with Gasteiger partial charge in [0.15, 0.2) is 0 Å². The Bertz CT molecular complexity index is 408. The van der Waals surface area contributed by atoms with Crippen LogP contribution in [0.2, 0.25) is 0 Å². The van der Waals surface area contributed by atoms with E-state index in [1.54, 1.807) is 0 Å². The number of rotatable bonds is 4. The van der Waals surface area contributed by atoms with Gasteiger partial charge in [-0.3, -0.25) is 10.0 Å². The first-order valence-corrected chi connectivity index (χ1v) is 4.92. The van der Waals surface area contributed by atoms with E-state index >= 15 is 0 Å². The zero-order valence-electron chi connectivity index (χ0n) is 9.55. The third-order valence-electron chi connectivity index (χ3n) is 2.29. The Hall–Kier alpha value is -1.66. The van der Waals surface area contributed by atoms with Crippen molar-refractivity contribution < 1.29 is 24.2 Å². The maximum Gasteiger partial charge on any atom is 0.248 e. The molecular weight excluding hydrogens is 229 g/mol. The quantitative estimate of drug-likeness (QED) is 0.613. The SMILES string of the molecule is COc1ccc(F)c(C(O)CC(=O)N(C)O)c1. The Balaban J connectivity index is 2.87. The van der Waals surface area contributed by atoms with Crippen LogP contribution < -0.4 is 4.74 Å². The van der Waals surface area contributed by atoms with Gasteiger partial charge in [0.25, 0.3) is 0 Å². The van der Waals surface area contributed by atoms with Crippen LogP contribution in [0.3, 0.4) is 0 Å². The highest BCUT2D eigenvalue weighted by atomic mass is 19.1. The molecule has 6 heteroatoms. The lowest BCUT2D eigenvalue weighted by Gasteiger charge is -2.14. The maximum absolute atomic E-state index is 13.4. The molecule has 2 N–H and O–H groups in total. The number of benzene rings is 1. The average Bonchev–Trinajstić information content (AvgIpc) is 2.29. The summed E-state index contributed by atoms with van der Waals surface area (Å²) >= 11 is 0. The van der Waals surface area contributed by atoms with Gasteiger partial charge in [-0.05, 0) is 18.2 Å². The van der Waals surface area contributed by atoms with E-state index in [0.29, 0.717) is 10.8 Å². The molecule has 0 aliphatic rings. The number of nitrogens with zero attached hydrogens (tertiary/aromatic N) is 1. The number of ether oxygens (including phenoxy) is 1. The molecule has 0 aliphatic carbocycles. The molecule has 1 rings (SSSR count). The fourth-order valence-corrected chi connectivity index (χ4v) is 1.31. The Kier molecular flexibility index (Phi) is 4.42. The minimum absolute atomic E-state index is 0.0421. The molecule has 1 unspecified atom stereocenters. The monoisotopic (exact) mass is 243 g/mol. The highest BCUT2D eigenvalue weighted by Gasteiger charge is 2.19. The minimum Gasteiger partial charge on any atom is -0.497 e. The van der Waals surface area contributed by atoms with Crippen molar-refractivity contribution in [3.05, 3.63) is 29.6 Å². The van der Waals surface area contributed by atoms with Crippen LogP contribution in [-0.2, 0) is 4.79 Å². The van der Waals surface area contributed by atoms with Gasteiger partial charge < -0.3 is 9.84 Å². The smallest absolute Gasteiger partial charge is 0.248 e. The Morgan fingerprint density at radius 1 is 1.59 bits per heavy atom. The van der Waals surface area contributed by atoms with Crippen LogP contribution in [0.4, 0.5) is 4.39 Å². The van der Waals surface area contributed by atoms with Crippen LogP contribution in [0.15, 0.2) is 18.2 Å². The minimum atomic E-state index is -1.33. The number of carbonyl (C=O) groups is 1. The van der Waals surface area contributed by atoms with Gasteiger partial charge in [-0.25, -0.2) is 9.45 Å². The number of methoxy groups -OCH3 is 1. The van der Waals surface area contributed by atoms with Gasteiger partial charge in [-0.1, -0.05) is 0 Å². The van der Waals surface area contributed by atoms with Crippen LogP contribution in [-0.4, -0.2) is 35.4 Å². The number of hydroxylamine groups is 2. The van der Waals surface area contributed by atoms with Gasteiger partial charge in [-0.15, -0.1) is 0 Å². The summed E-state index contributed by atoms with van der Waals surface area (Å²) < 4.78 is 18.3. The predicted molar refractivity (Wildman–Crippen MR) is 57.1 cm³/mol. The van der Waals surface area contributed by atoms with E-state index < -0.39 is 24.2 Å². The summed E-state index contributed by atoms with van der Waals surface area (Å²) in [7, 11) is 2.55. The largest absolute Gasteiger partial charge is 0.497 e. The molecule has 0 fully saturated rings. The lowest BCUT2D eigenvalue weighted by molar-refractivity contribution is -0.161. The molecule has 0 bridgehead atoms. The number of carbonyl (C=O) groups excluding carboxylic acids is 1. The fraction of sp³-hybridized carbons (Fsp3) is 0.364. The topological polar surface area (TPSA) is 70.0 Å². The third kappa shape index (κ3) is 3.40. The first-order chi connectivity index (χ1) is 7.95. The van der Waals surface area contributed by atoms with Gasteiger partial charge >= 0.3 is 0 Å². The first-order valence-electron chi connectivity index (χ1n) is 4.92. The number of halogens is 1. The lowest BCUT2D eigenvalue weighted by Crippen LogP contribution is -2.24. The lowest BCUT2D eigenvalue weighted by atomic mass is 10.1. The van der Waals surface area contributed by atoms with E-state index in [-0.39, 0.29) is 5.56 Å². The highest BCUT2D eigenvalue weighted by molar-refractivity contribution is 5.75. The predicted octanol–water partition coefficient (Wildman–Crippen LogP) is 1.11. The van der Waals surface area contributed by atoms with Gasteiger partial charge in [0.1, 0.15) is 11.6 Å². The normalized spacial score (nSPS) is 12.1. The van der Waals surface area contributed by atoms with Gasteiger partial charge in [0.05, 0.1) is 19.6 Å². The number of amides is 1. The number of hydrogen-bond acceptors (Lipinski definition) is 4. The molecule has 0 saturated carbocycles. The second-order valence-corrected chi connectivity index (χ2v) is 3.52. The first kappa shape index (κ1) is 13.4. The van der Waals surface area contributed by atoms with E-state index in [1.807, 2.05) is 0 Å². The van der Waals surface area contributed by atoms with E-state index in [9.17, 15) is 14.3 Å². The Labute approximate surface area is 98.0 Å². The molecule has 0 heterocycles. The third-order valence-corrected chi connectivity index (χ3v) is 2.29. The molecule has 1 atom stereocenters. The molecule has 1 aromatic carbocycles. The van der Waals surface area contributed by atoms with Gasteiger partial charge in [0.2, 0.25) is 5.91 Å². The maximum atomic E-state index is 13.4. The summed E-state index contributed by atoms with van der Waals surface area (Å²) in [6.07, 6.45) is -1.73. The van der Waals surface area contributed by atoms with Gasteiger partial charge in [0, 0.05) is 12.6 Å². The summed E-state index contributed by atoms with van der Waals surface area (Å²) in [6.45, 7) is 0. The van der Waals surface area contributed by atoms with Crippen LogP contribution in [0, 0.1) is 5.82 Å². The molecule has 0 saturated heterocycles. The summed E-state index contributed by atoms with van der Waals surface area (Å²) in [5, 5.41) is 18.9. The van der Waals surface area contributed by atoms with Crippen molar-refractivity contribution in [1.29, 1.82) is 0 Å². The zero-order chi connectivity index (χ0) is 13.0. The number of aliphatic hydroxyl groups excluding tert-OH is 1. The zero-order valence-corrected chi connectivity index (χ0v) is 9.55. The van der Waals surface area contributed by atoms with E-state index in [2.05, 4.69) is 0 Å². The molecule has 0 spiro atoms. The Morgan fingerprint density at radius 3 is 2.76 bits per heavy atom. The second kappa shape index (κ2) is 5.60. The second-order valence-electron chi connectivity index (χ2n) is 3.52. The molecule has 1 amide bonds. The molecule has 5 nitrogen and oxygen atoms in total. The standard InChI is InChI=1S/C11H14FNO4/c1-13(16)11(15)6-10(14)8-5-7(17-2)3-4-9(8)12/h3-5,10,14,16H,6H2,1-2H3. The summed E-state index contributed by atoms with van der Waals surface area (Å²) in [5.74, 6) is -0.961. The highest BCUT2D eigenvalue weighted by Crippen LogP contribution is 2.24. The van der Waals surface area contributed by atoms with Crippen molar-refractivity contribution >= 4 is 5.91 Å². The molecule has 17 heavy (non-hydrogen) atoms. The number of hydrogen-bond donors (Lipinski definition) is 2. The van der Waals surface area contributed by atoms with Gasteiger partial charge in [-0.2, -0.15) is 0 Å². The molecule has 0 aliphatic heterocycles. The van der Waals surface area contributed by atoms with Crippen molar-refractivity contribution in [1.82, 2.24) is 5.06 Å². The van der Waals surface area contributed by atoms with Crippen molar-refractivity contribution in [2.24, 2.45) is 0 Å². The summed E-state index contributed by atoms with van der Waals surface area (Å²) in [6, 6.07) is 3.86. The van der Waals surface area contributed by atoms with Crippen molar-refractivity contribution in [3.8, 4) is 5.75 Å². The molecule has 0 aromatic heterocycles. The molecule has 0 radical (unpaired) electrons. The Morgan fingerprint density at radius 2 is 2.24 bits per heavy atom. The van der Waals surface area contributed by atoms with Crippen molar-refractivity contribution in [3.63, 3.8) is 0 Å². The number of aliphatic hydroxyl groups is 1. The summed E-state index contributed by atoms with van der Waals surface area (Å²) in [4.78, 5) is 11.2. The summed E-state index contributed by atoms with van der Waals surface area (Å²) in [5.41, 5.74) is -0.0421.